The van der Waals surface area contributed by atoms with Crippen molar-refractivity contribution in [2.75, 3.05) is 13.2 Å². The molecule has 0 aromatic heterocycles. The number of rotatable bonds is 7. The van der Waals surface area contributed by atoms with E-state index >= 15 is 0 Å². The summed E-state index contributed by atoms with van der Waals surface area (Å²) in [5.74, 6) is -0.576. The van der Waals surface area contributed by atoms with E-state index in [0.29, 0.717) is 11.3 Å². The van der Waals surface area contributed by atoms with E-state index < -0.39 is 11.9 Å². The topological polar surface area (TPSA) is 101 Å². The molecule has 116 valence electrons. The standard InChI is InChI=1S/C14H14BrN3O4/c1-2-21-14(20)9-22-12-4-3-11(15)7-10(12)8-17-18-13(19)5-6-16/h3-4,7-8H,2,5,9H2,1H3,(H,18,19)/b17-8+. The Hall–Kier alpha value is -2.40. The average molecular weight is 368 g/mol. The number of esters is 1. The van der Waals surface area contributed by atoms with E-state index in [1.54, 1.807) is 31.2 Å². The molecule has 0 aliphatic rings. The van der Waals surface area contributed by atoms with E-state index in [9.17, 15) is 9.59 Å². The molecule has 0 saturated carbocycles. The van der Waals surface area contributed by atoms with Crippen molar-refractivity contribution in [3.05, 3.63) is 28.2 Å². The second-order valence-electron chi connectivity index (χ2n) is 3.90. The van der Waals surface area contributed by atoms with Gasteiger partial charge in [0.05, 0.1) is 18.9 Å². The average Bonchev–Trinajstić information content (AvgIpc) is 2.47. The molecule has 1 aromatic carbocycles. The number of hydrogen-bond donors (Lipinski definition) is 1. The number of nitriles is 1. The van der Waals surface area contributed by atoms with Crippen molar-refractivity contribution < 1.29 is 19.1 Å². The molecule has 0 aliphatic carbocycles. The van der Waals surface area contributed by atoms with E-state index in [4.69, 9.17) is 14.7 Å². The Labute approximate surface area is 136 Å². The lowest BCUT2D eigenvalue weighted by Crippen LogP contribution is -2.17. The van der Waals surface area contributed by atoms with Crippen molar-refractivity contribution in [2.24, 2.45) is 5.10 Å². The van der Waals surface area contributed by atoms with Gasteiger partial charge in [-0.2, -0.15) is 10.4 Å². The van der Waals surface area contributed by atoms with E-state index in [1.807, 2.05) is 0 Å². The zero-order valence-corrected chi connectivity index (χ0v) is 13.4. The maximum Gasteiger partial charge on any atom is 0.344 e. The predicted octanol–water partition coefficient (Wildman–Crippen LogP) is 1.75. The van der Waals surface area contributed by atoms with Crippen LogP contribution in [-0.2, 0) is 14.3 Å². The molecule has 0 aliphatic heterocycles. The first kappa shape index (κ1) is 17.7. The summed E-state index contributed by atoms with van der Waals surface area (Å²) in [6, 6.07) is 6.82. The molecule has 22 heavy (non-hydrogen) atoms. The quantitative estimate of drug-likeness (QED) is 0.449. The van der Waals surface area contributed by atoms with Crippen LogP contribution in [0.25, 0.3) is 0 Å². The predicted molar refractivity (Wildman–Crippen MR) is 82.2 cm³/mol. The number of carbonyl (C=O) groups excluding carboxylic acids is 2. The van der Waals surface area contributed by atoms with Gasteiger partial charge >= 0.3 is 5.97 Å². The van der Waals surface area contributed by atoms with Crippen molar-refractivity contribution in [3.8, 4) is 11.8 Å². The number of nitrogens with zero attached hydrogens (tertiary/aromatic N) is 2. The summed E-state index contributed by atoms with van der Waals surface area (Å²) in [7, 11) is 0. The van der Waals surface area contributed by atoms with Crippen molar-refractivity contribution in [2.45, 2.75) is 13.3 Å². The third-order valence-corrected chi connectivity index (χ3v) is 2.75. The van der Waals surface area contributed by atoms with Crippen molar-refractivity contribution in [1.82, 2.24) is 5.43 Å². The Morgan fingerprint density at radius 2 is 2.27 bits per heavy atom. The Kier molecular flexibility index (Phi) is 7.64. The monoisotopic (exact) mass is 367 g/mol. The summed E-state index contributed by atoms with van der Waals surface area (Å²) in [5.41, 5.74) is 2.76. The van der Waals surface area contributed by atoms with Crippen LogP contribution in [0.15, 0.2) is 27.8 Å². The number of halogens is 1. The fourth-order valence-corrected chi connectivity index (χ4v) is 1.75. The SMILES string of the molecule is CCOC(=O)COc1ccc(Br)cc1/C=N/NC(=O)CC#N. The van der Waals surface area contributed by atoms with E-state index in [1.165, 1.54) is 6.21 Å². The number of nitrogens with one attached hydrogen (secondary N) is 1. The number of benzene rings is 1. The van der Waals surface area contributed by atoms with Gasteiger partial charge in [-0.15, -0.1) is 0 Å². The summed E-state index contributed by atoms with van der Waals surface area (Å²) in [6.45, 7) is 1.76. The molecule has 7 nitrogen and oxygen atoms in total. The first-order valence-corrected chi connectivity index (χ1v) is 7.13. The number of amides is 1. The molecule has 1 amide bonds. The lowest BCUT2D eigenvalue weighted by molar-refractivity contribution is -0.145. The van der Waals surface area contributed by atoms with Crippen LogP contribution in [0, 0.1) is 11.3 Å². The second-order valence-corrected chi connectivity index (χ2v) is 4.82. The molecular weight excluding hydrogens is 354 g/mol. The second kappa shape index (κ2) is 9.52. The highest BCUT2D eigenvalue weighted by atomic mass is 79.9. The minimum absolute atomic E-state index is 0.225. The summed E-state index contributed by atoms with van der Waals surface area (Å²) < 4.78 is 10.9. The van der Waals surface area contributed by atoms with Gasteiger partial charge in [0.1, 0.15) is 12.2 Å². The Balaban J connectivity index is 2.74. The highest BCUT2D eigenvalue weighted by molar-refractivity contribution is 9.10. The minimum atomic E-state index is -0.511. The molecule has 1 rings (SSSR count). The highest BCUT2D eigenvalue weighted by Gasteiger charge is 2.07. The molecule has 0 bridgehead atoms. The van der Waals surface area contributed by atoms with Crippen LogP contribution in [0.3, 0.4) is 0 Å². The van der Waals surface area contributed by atoms with E-state index in [0.717, 1.165) is 4.47 Å². The Bertz CT molecular complexity index is 611. The lowest BCUT2D eigenvalue weighted by atomic mass is 10.2. The maximum absolute atomic E-state index is 11.3. The van der Waals surface area contributed by atoms with Crippen molar-refractivity contribution in [1.29, 1.82) is 5.26 Å². The fraction of sp³-hybridized carbons (Fsp3) is 0.286. The molecule has 0 spiro atoms. The van der Waals surface area contributed by atoms with Crippen LogP contribution in [0.2, 0.25) is 0 Å². The van der Waals surface area contributed by atoms with E-state index in [2.05, 4.69) is 26.5 Å². The largest absolute Gasteiger partial charge is 0.481 e. The summed E-state index contributed by atoms with van der Waals surface area (Å²) in [4.78, 5) is 22.4. The van der Waals surface area contributed by atoms with Gasteiger partial charge in [-0.25, -0.2) is 10.2 Å². The molecule has 8 heteroatoms. The lowest BCUT2D eigenvalue weighted by Gasteiger charge is -2.09. The maximum atomic E-state index is 11.3. The number of ether oxygens (including phenoxy) is 2. The van der Waals surface area contributed by atoms with Crippen LogP contribution in [0.1, 0.15) is 18.9 Å². The molecular formula is C14H14BrN3O4. The Morgan fingerprint density at radius 1 is 1.50 bits per heavy atom. The van der Waals surface area contributed by atoms with Crippen LogP contribution < -0.4 is 10.2 Å². The molecule has 0 fully saturated rings. The van der Waals surface area contributed by atoms with Crippen molar-refractivity contribution in [3.63, 3.8) is 0 Å². The smallest absolute Gasteiger partial charge is 0.344 e. The number of hydrogen-bond acceptors (Lipinski definition) is 6. The van der Waals surface area contributed by atoms with Gasteiger partial charge in [-0.1, -0.05) is 15.9 Å². The van der Waals surface area contributed by atoms with Gasteiger partial charge in [0.25, 0.3) is 5.91 Å². The minimum Gasteiger partial charge on any atom is -0.481 e. The zero-order valence-electron chi connectivity index (χ0n) is 11.8. The number of carbonyl (C=O) groups is 2. The third-order valence-electron chi connectivity index (χ3n) is 2.26. The highest BCUT2D eigenvalue weighted by Crippen LogP contribution is 2.21. The van der Waals surface area contributed by atoms with Gasteiger partial charge in [0.2, 0.25) is 0 Å². The summed E-state index contributed by atoms with van der Waals surface area (Å²) in [6.07, 6.45) is 1.09. The zero-order chi connectivity index (χ0) is 16.4. The van der Waals surface area contributed by atoms with Crippen LogP contribution in [0.4, 0.5) is 0 Å². The summed E-state index contributed by atoms with van der Waals surface area (Å²) >= 11 is 3.31. The van der Waals surface area contributed by atoms with Gasteiger partial charge in [0.15, 0.2) is 6.61 Å². The fourth-order valence-electron chi connectivity index (χ4n) is 1.38. The molecule has 0 heterocycles. The Morgan fingerprint density at radius 3 is 2.95 bits per heavy atom. The van der Waals surface area contributed by atoms with Gasteiger partial charge in [-0.3, -0.25) is 4.79 Å². The van der Waals surface area contributed by atoms with Gasteiger partial charge in [-0.05, 0) is 25.1 Å². The van der Waals surface area contributed by atoms with Gasteiger partial charge < -0.3 is 9.47 Å². The molecule has 0 atom stereocenters. The molecule has 1 aromatic rings. The number of hydrazone groups is 1. The first-order chi connectivity index (χ1) is 10.6. The van der Waals surface area contributed by atoms with Crippen LogP contribution in [-0.4, -0.2) is 31.3 Å². The molecule has 0 saturated heterocycles. The van der Waals surface area contributed by atoms with E-state index in [-0.39, 0.29) is 19.6 Å². The molecule has 1 N–H and O–H groups in total. The molecule has 0 radical (unpaired) electrons. The third kappa shape index (κ3) is 6.37. The van der Waals surface area contributed by atoms with Crippen molar-refractivity contribution >= 4 is 34.0 Å². The first-order valence-electron chi connectivity index (χ1n) is 6.33. The normalized spacial score (nSPS) is 10.0. The molecule has 0 unspecified atom stereocenters. The van der Waals surface area contributed by atoms with Crippen LogP contribution >= 0.6 is 15.9 Å². The van der Waals surface area contributed by atoms with Crippen LogP contribution in [0.5, 0.6) is 5.75 Å². The van der Waals surface area contributed by atoms with Gasteiger partial charge in [0, 0.05) is 10.0 Å². The summed E-state index contributed by atoms with van der Waals surface area (Å²) in [5, 5.41) is 12.1.